The largest absolute Gasteiger partial charge is 0.225 e. The molecule has 0 aliphatic carbocycles. The molecule has 0 N–H and O–H groups in total. The van der Waals surface area contributed by atoms with Crippen LogP contribution in [-0.4, -0.2) is 15.2 Å². The third-order valence-corrected chi connectivity index (χ3v) is 2.96. The van der Waals surface area contributed by atoms with Crippen molar-refractivity contribution in [3.8, 4) is 11.4 Å². The number of aromatic nitrogens is 3. The topological polar surface area (TPSA) is 38.7 Å². The van der Waals surface area contributed by atoms with E-state index in [9.17, 15) is 0 Å². The van der Waals surface area contributed by atoms with Gasteiger partial charge in [0.15, 0.2) is 5.82 Å². The standard InChI is InChI=1S/C14H10ClN3/c1-9-2-7-12-13(8-9)17-18-14(16-12)10-3-5-11(15)6-4-10/h2-8H,1H3. The van der Waals surface area contributed by atoms with Gasteiger partial charge >= 0.3 is 0 Å². The molecule has 0 radical (unpaired) electrons. The third-order valence-electron chi connectivity index (χ3n) is 2.71. The molecule has 1 heterocycles. The summed E-state index contributed by atoms with van der Waals surface area (Å²) < 4.78 is 0. The first-order chi connectivity index (χ1) is 8.72. The van der Waals surface area contributed by atoms with Gasteiger partial charge in [-0.3, -0.25) is 0 Å². The molecule has 0 fully saturated rings. The zero-order valence-corrected chi connectivity index (χ0v) is 10.5. The molecular formula is C14H10ClN3. The number of halogens is 1. The van der Waals surface area contributed by atoms with E-state index in [2.05, 4.69) is 15.2 Å². The fourth-order valence-corrected chi connectivity index (χ4v) is 1.89. The summed E-state index contributed by atoms with van der Waals surface area (Å²) in [5.41, 5.74) is 3.72. The molecular weight excluding hydrogens is 246 g/mol. The summed E-state index contributed by atoms with van der Waals surface area (Å²) in [7, 11) is 0. The lowest BCUT2D eigenvalue weighted by Gasteiger charge is -2.02. The van der Waals surface area contributed by atoms with E-state index in [1.165, 1.54) is 0 Å². The van der Waals surface area contributed by atoms with E-state index >= 15 is 0 Å². The summed E-state index contributed by atoms with van der Waals surface area (Å²) in [4.78, 5) is 4.50. The van der Waals surface area contributed by atoms with Gasteiger partial charge in [0.2, 0.25) is 0 Å². The van der Waals surface area contributed by atoms with E-state index in [0.29, 0.717) is 10.8 Å². The van der Waals surface area contributed by atoms with E-state index in [-0.39, 0.29) is 0 Å². The molecule has 0 bridgehead atoms. The summed E-state index contributed by atoms with van der Waals surface area (Å²) in [6, 6.07) is 13.4. The Bertz CT molecular complexity index is 708. The van der Waals surface area contributed by atoms with Crippen LogP contribution in [0.1, 0.15) is 5.56 Å². The van der Waals surface area contributed by atoms with Gasteiger partial charge in [0.1, 0.15) is 5.52 Å². The van der Waals surface area contributed by atoms with Gasteiger partial charge in [0, 0.05) is 10.6 Å². The van der Waals surface area contributed by atoms with Crippen LogP contribution < -0.4 is 0 Å². The smallest absolute Gasteiger partial charge is 0.182 e. The van der Waals surface area contributed by atoms with E-state index in [1.54, 1.807) is 0 Å². The zero-order valence-electron chi connectivity index (χ0n) is 9.76. The van der Waals surface area contributed by atoms with Gasteiger partial charge in [-0.2, -0.15) is 0 Å². The highest BCUT2D eigenvalue weighted by Crippen LogP contribution is 2.19. The molecule has 0 saturated carbocycles. The summed E-state index contributed by atoms with van der Waals surface area (Å²) in [6.07, 6.45) is 0. The third kappa shape index (κ3) is 2.05. The van der Waals surface area contributed by atoms with E-state index < -0.39 is 0 Å². The molecule has 0 spiro atoms. The van der Waals surface area contributed by atoms with Gasteiger partial charge in [0.05, 0.1) is 5.52 Å². The van der Waals surface area contributed by atoms with Crippen LogP contribution in [0.2, 0.25) is 5.02 Å². The Morgan fingerprint density at radius 1 is 0.889 bits per heavy atom. The Balaban J connectivity index is 2.13. The van der Waals surface area contributed by atoms with Gasteiger partial charge in [-0.05, 0) is 48.9 Å². The second-order valence-electron chi connectivity index (χ2n) is 4.13. The molecule has 2 aromatic carbocycles. The minimum atomic E-state index is 0.614. The maximum Gasteiger partial charge on any atom is 0.182 e. The molecule has 88 valence electrons. The van der Waals surface area contributed by atoms with Crippen molar-refractivity contribution in [2.45, 2.75) is 6.92 Å². The molecule has 0 unspecified atom stereocenters. The molecule has 1 aromatic heterocycles. The van der Waals surface area contributed by atoms with Crippen LogP contribution in [0.15, 0.2) is 42.5 Å². The Morgan fingerprint density at radius 3 is 2.44 bits per heavy atom. The monoisotopic (exact) mass is 255 g/mol. The molecule has 0 aliphatic rings. The number of rotatable bonds is 1. The molecule has 3 rings (SSSR count). The first kappa shape index (κ1) is 11.1. The van der Waals surface area contributed by atoms with Gasteiger partial charge in [-0.25, -0.2) is 4.98 Å². The SMILES string of the molecule is Cc1ccc2nc(-c3ccc(Cl)cc3)nnc2c1. The van der Waals surface area contributed by atoms with Gasteiger partial charge in [-0.1, -0.05) is 17.7 Å². The van der Waals surface area contributed by atoms with Gasteiger partial charge in [-0.15, -0.1) is 10.2 Å². The Hall–Kier alpha value is -2.00. The summed E-state index contributed by atoms with van der Waals surface area (Å²) >= 11 is 5.86. The van der Waals surface area contributed by atoms with Crippen molar-refractivity contribution in [2.75, 3.05) is 0 Å². The van der Waals surface area contributed by atoms with E-state index in [1.807, 2.05) is 49.4 Å². The molecule has 0 atom stereocenters. The van der Waals surface area contributed by atoms with E-state index in [0.717, 1.165) is 22.2 Å². The lowest BCUT2D eigenvalue weighted by Crippen LogP contribution is -1.94. The van der Waals surface area contributed by atoms with Crippen molar-refractivity contribution in [2.24, 2.45) is 0 Å². The number of fused-ring (bicyclic) bond motifs is 1. The molecule has 3 aromatic rings. The average Bonchev–Trinajstić information content (AvgIpc) is 2.39. The Kier molecular flexibility index (Phi) is 2.68. The molecule has 0 amide bonds. The van der Waals surface area contributed by atoms with Crippen molar-refractivity contribution >= 4 is 22.6 Å². The minimum Gasteiger partial charge on any atom is -0.225 e. The van der Waals surface area contributed by atoms with Gasteiger partial charge < -0.3 is 0 Å². The van der Waals surface area contributed by atoms with Crippen molar-refractivity contribution in [1.82, 2.24) is 15.2 Å². The number of hydrogen-bond acceptors (Lipinski definition) is 3. The van der Waals surface area contributed by atoms with Crippen molar-refractivity contribution in [3.63, 3.8) is 0 Å². The fraction of sp³-hybridized carbons (Fsp3) is 0.0714. The summed E-state index contributed by atoms with van der Waals surface area (Å²) in [5, 5.41) is 9.04. The number of nitrogens with zero attached hydrogens (tertiary/aromatic N) is 3. The van der Waals surface area contributed by atoms with Crippen molar-refractivity contribution < 1.29 is 0 Å². The second kappa shape index (κ2) is 4.35. The number of hydrogen-bond donors (Lipinski definition) is 0. The Labute approximate surface area is 109 Å². The molecule has 0 saturated heterocycles. The zero-order chi connectivity index (χ0) is 12.5. The van der Waals surface area contributed by atoms with Crippen LogP contribution in [0.25, 0.3) is 22.4 Å². The first-order valence-corrected chi connectivity index (χ1v) is 5.97. The molecule has 4 heteroatoms. The van der Waals surface area contributed by atoms with Crippen LogP contribution in [0.3, 0.4) is 0 Å². The summed E-state index contributed by atoms with van der Waals surface area (Å²) in [6.45, 7) is 2.02. The number of benzene rings is 2. The predicted octanol–water partition coefficient (Wildman–Crippen LogP) is 3.65. The fourth-order valence-electron chi connectivity index (χ4n) is 1.77. The second-order valence-corrected chi connectivity index (χ2v) is 4.57. The molecule has 3 nitrogen and oxygen atoms in total. The highest BCUT2D eigenvalue weighted by molar-refractivity contribution is 6.30. The van der Waals surface area contributed by atoms with Gasteiger partial charge in [0.25, 0.3) is 0 Å². The lowest BCUT2D eigenvalue weighted by molar-refractivity contribution is 1.03. The van der Waals surface area contributed by atoms with Crippen molar-refractivity contribution in [3.05, 3.63) is 53.1 Å². The lowest BCUT2D eigenvalue weighted by atomic mass is 10.2. The average molecular weight is 256 g/mol. The van der Waals surface area contributed by atoms with Crippen LogP contribution >= 0.6 is 11.6 Å². The van der Waals surface area contributed by atoms with Crippen LogP contribution in [0.4, 0.5) is 0 Å². The highest BCUT2D eigenvalue weighted by Gasteiger charge is 2.04. The predicted molar refractivity (Wildman–Crippen MR) is 72.5 cm³/mol. The molecule has 18 heavy (non-hydrogen) atoms. The minimum absolute atomic E-state index is 0.614. The van der Waals surface area contributed by atoms with Crippen LogP contribution in [0.5, 0.6) is 0 Å². The number of aryl methyl sites for hydroxylation is 1. The first-order valence-electron chi connectivity index (χ1n) is 5.59. The van der Waals surface area contributed by atoms with Crippen molar-refractivity contribution in [1.29, 1.82) is 0 Å². The Morgan fingerprint density at radius 2 is 1.67 bits per heavy atom. The van der Waals surface area contributed by atoms with E-state index in [4.69, 9.17) is 11.6 Å². The van der Waals surface area contributed by atoms with Crippen LogP contribution in [0, 0.1) is 6.92 Å². The highest BCUT2D eigenvalue weighted by atomic mass is 35.5. The van der Waals surface area contributed by atoms with Crippen LogP contribution in [-0.2, 0) is 0 Å². The normalized spacial score (nSPS) is 10.8. The molecule has 0 aliphatic heterocycles. The maximum absolute atomic E-state index is 5.86. The summed E-state index contributed by atoms with van der Waals surface area (Å²) in [5.74, 6) is 0.614. The maximum atomic E-state index is 5.86. The quantitative estimate of drug-likeness (QED) is 0.666.